The van der Waals surface area contributed by atoms with E-state index in [1.165, 1.54) is 20.0 Å². The molecular weight excluding hydrogens is 736 g/mol. The second-order valence-electron chi connectivity index (χ2n) is 14.7. The summed E-state index contributed by atoms with van der Waals surface area (Å²) in [4.78, 5) is 87.3. The molecule has 0 aliphatic rings. The second kappa shape index (κ2) is 31.6. The number of nitrogens with two attached hydrogens (primary N) is 6. The lowest BCUT2D eigenvalue weighted by molar-refractivity contribution is -0.142. The molecule has 0 aromatic heterocycles. The zero-order chi connectivity index (χ0) is 43.2. The molecular formula is C38H74N12O7. The van der Waals surface area contributed by atoms with Crippen LogP contribution in [0.5, 0.6) is 0 Å². The van der Waals surface area contributed by atoms with E-state index in [1.807, 2.05) is 0 Å². The average molecular weight is 811 g/mol. The number of esters is 1. The summed E-state index contributed by atoms with van der Waals surface area (Å²) in [5, 5.41) is 11.1. The molecule has 0 aliphatic heterocycles. The fourth-order valence-corrected chi connectivity index (χ4v) is 5.92. The zero-order valence-corrected chi connectivity index (χ0v) is 34.8. The molecule has 0 saturated carbocycles. The molecule has 5 atom stereocenters. The van der Waals surface area contributed by atoms with Gasteiger partial charge in [-0.1, -0.05) is 59.3 Å². The predicted octanol–water partition coefficient (Wildman–Crippen LogP) is -0.192. The highest BCUT2D eigenvalue weighted by Gasteiger charge is 2.32. The van der Waals surface area contributed by atoms with Crippen LogP contribution in [-0.2, 0) is 33.5 Å². The highest BCUT2D eigenvalue weighted by Crippen LogP contribution is 2.12. The summed E-state index contributed by atoms with van der Waals surface area (Å²) in [5.41, 5.74) is 33.3. The van der Waals surface area contributed by atoms with Crippen LogP contribution in [0.3, 0.4) is 0 Å². The minimum absolute atomic E-state index is 0.00687. The number of amides is 4. The van der Waals surface area contributed by atoms with Gasteiger partial charge in [0.2, 0.25) is 23.6 Å². The Bertz CT molecular complexity index is 1270. The second-order valence-corrected chi connectivity index (χ2v) is 14.7. The number of methoxy groups -OCH3 is 1. The molecule has 0 spiro atoms. The Balaban J connectivity index is 6.02. The molecule has 19 nitrogen and oxygen atoms in total. The molecule has 0 radical (unpaired) electrons. The highest BCUT2D eigenvalue weighted by molar-refractivity contribution is 5.96. The summed E-state index contributed by atoms with van der Waals surface area (Å²) in [5.74, 6) is -3.78. The number of unbranched alkanes of at least 4 members (excludes halogenated alkanes) is 7. The van der Waals surface area contributed by atoms with Crippen molar-refractivity contribution in [2.75, 3.05) is 26.7 Å². The van der Waals surface area contributed by atoms with Crippen molar-refractivity contribution in [2.45, 2.75) is 160 Å². The number of carbonyl (C=O) groups is 6. The van der Waals surface area contributed by atoms with Gasteiger partial charge in [-0.2, -0.15) is 0 Å². The van der Waals surface area contributed by atoms with Crippen LogP contribution >= 0.6 is 0 Å². The summed E-state index contributed by atoms with van der Waals surface area (Å²) in [6, 6.07) is -5.17. The number of carbonyl (C=O) groups excluding carboxylic acids is 6. The van der Waals surface area contributed by atoms with Crippen LogP contribution in [0.25, 0.3) is 0 Å². The number of guanidine groups is 2. The average Bonchev–Trinajstić information content (AvgIpc) is 3.16. The van der Waals surface area contributed by atoms with Crippen LogP contribution in [0.1, 0.15) is 130 Å². The van der Waals surface area contributed by atoms with Crippen molar-refractivity contribution in [1.29, 1.82) is 0 Å². The minimum atomic E-state index is -1.09. The van der Waals surface area contributed by atoms with Crippen molar-refractivity contribution in [3.63, 3.8) is 0 Å². The molecule has 0 bridgehead atoms. The highest BCUT2D eigenvalue weighted by atomic mass is 16.5. The Morgan fingerprint density at radius 3 is 1.65 bits per heavy atom. The molecule has 0 aromatic carbocycles. The lowest BCUT2D eigenvalue weighted by atomic mass is 9.98. The first kappa shape index (κ1) is 52.5. The van der Waals surface area contributed by atoms with Gasteiger partial charge in [-0.05, 0) is 70.3 Å². The van der Waals surface area contributed by atoms with Crippen LogP contribution in [0.4, 0.5) is 0 Å². The quantitative estimate of drug-likeness (QED) is 0.0178. The lowest BCUT2D eigenvalue weighted by Crippen LogP contribution is -2.59. The van der Waals surface area contributed by atoms with Crippen molar-refractivity contribution in [2.24, 2.45) is 50.3 Å². The standard InChI is InChI=1S/C38H74N12O7/c1-5-6-7-8-9-10-11-19-31(52)47-28(18-15-24-46-38(43)44)34(54)50-32(25(2)3)35(55)49-29(16-12-13-22-39)33(53)48-27(17-14-23-45-37(41)42)30(51)21-20-26(40)36(56)57-4/h25-29,32H,5-24,39-40H2,1-4H3,(H,47,52)(H,48,53)(H,49,55)(H,50,54)(H4,41,42,45)(H4,43,44,46)/t26-,27-,28-,29-,32-/m0/s1. The van der Waals surface area contributed by atoms with Gasteiger partial charge in [0.15, 0.2) is 17.7 Å². The van der Waals surface area contributed by atoms with Crippen molar-refractivity contribution < 1.29 is 33.5 Å². The SMILES string of the molecule is CCCCCCCCCC(=O)N[C@@H](CCCN=C(N)N)C(=O)N[C@H](C(=O)N[C@@H](CCCCN)C(=O)N[C@@H](CCCN=C(N)N)C(=O)CC[C@H](N)C(=O)OC)C(C)C. The maximum absolute atomic E-state index is 13.9. The smallest absolute Gasteiger partial charge is 0.322 e. The fourth-order valence-electron chi connectivity index (χ4n) is 5.92. The van der Waals surface area contributed by atoms with Gasteiger partial charge in [0.05, 0.1) is 13.2 Å². The summed E-state index contributed by atoms with van der Waals surface area (Å²) in [6.07, 6.45) is 9.73. The molecule has 0 unspecified atom stereocenters. The van der Waals surface area contributed by atoms with Gasteiger partial charge in [0.25, 0.3) is 0 Å². The number of ketones is 1. The number of aliphatic imine (C=N–C) groups is 2. The van der Waals surface area contributed by atoms with E-state index in [0.29, 0.717) is 38.6 Å². The van der Waals surface area contributed by atoms with Crippen LogP contribution in [0, 0.1) is 5.92 Å². The molecule has 16 N–H and O–H groups in total. The van der Waals surface area contributed by atoms with Gasteiger partial charge < -0.3 is 60.4 Å². The largest absolute Gasteiger partial charge is 0.468 e. The van der Waals surface area contributed by atoms with E-state index >= 15 is 0 Å². The van der Waals surface area contributed by atoms with Gasteiger partial charge >= 0.3 is 5.97 Å². The molecule has 0 aromatic rings. The van der Waals surface area contributed by atoms with Crippen LogP contribution in [-0.4, -0.2) is 104 Å². The number of hydrogen-bond acceptors (Lipinski definition) is 11. The van der Waals surface area contributed by atoms with E-state index in [1.54, 1.807) is 13.8 Å². The predicted molar refractivity (Wildman–Crippen MR) is 222 cm³/mol. The van der Waals surface area contributed by atoms with Crippen LogP contribution < -0.4 is 55.7 Å². The maximum Gasteiger partial charge on any atom is 0.322 e. The van der Waals surface area contributed by atoms with Gasteiger partial charge in [-0.3, -0.25) is 38.8 Å². The van der Waals surface area contributed by atoms with Crippen molar-refractivity contribution in [3.8, 4) is 0 Å². The first-order valence-electron chi connectivity index (χ1n) is 20.4. The third-order valence-electron chi connectivity index (χ3n) is 9.29. The number of hydrogen-bond donors (Lipinski definition) is 10. The van der Waals surface area contributed by atoms with Crippen LogP contribution in [0.15, 0.2) is 9.98 Å². The summed E-state index contributed by atoms with van der Waals surface area (Å²) < 4.78 is 4.65. The molecule has 0 rings (SSSR count). The maximum atomic E-state index is 13.9. The fraction of sp³-hybridized carbons (Fsp3) is 0.789. The Kier molecular flexibility index (Phi) is 29.1. The third-order valence-corrected chi connectivity index (χ3v) is 9.29. The number of ether oxygens (including phenoxy) is 1. The van der Waals surface area contributed by atoms with E-state index < -0.39 is 59.8 Å². The van der Waals surface area contributed by atoms with Gasteiger partial charge in [0.1, 0.15) is 24.2 Å². The molecule has 0 fully saturated rings. The Morgan fingerprint density at radius 2 is 1.11 bits per heavy atom. The van der Waals surface area contributed by atoms with Gasteiger partial charge in [-0.25, -0.2) is 0 Å². The molecule has 0 aliphatic carbocycles. The summed E-state index contributed by atoms with van der Waals surface area (Å²) in [6.45, 7) is 6.43. The number of nitrogens with zero attached hydrogens (tertiary/aromatic N) is 2. The Morgan fingerprint density at radius 1 is 0.596 bits per heavy atom. The molecule has 19 heteroatoms. The minimum Gasteiger partial charge on any atom is -0.468 e. The number of rotatable bonds is 33. The normalized spacial score (nSPS) is 13.6. The molecule has 328 valence electrons. The van der Waals surface area contributed by atoms with Crippen molar-refractivity contribution >= 4 is 47.3 Å². The topological polar surface area (TPSA) is 341 Å². The van der Waals surface area contributed by atoms with E-state index in [9.17, 15) is 28.8 Å². The summed E-state index contributed by atoms with van der Waals surface area (Å²) in [7, 11) is 1.19. The molecule has 0 saturated heterocycles. The Hall–Kier alpha value is -4.52. The van der Waals surface area contributed by atoms with Gasteiger partial charge in [0, 0.05) is 25.9 Å². The molecule has 57 heavy (non-hydrogen) atoms. The van der Waals surface area contributed by atoms with Crippen molar-refractivity contribution in [1.82, 2.24) is 21.3 Å². The number of Topliss-reactive ketones (excluding diaryl/α,β-unsaturated/α-hetero) is 1. The third kappa shape index (κ3) is 25.4. The number of nitrogens with one attached hydrogen (secondary N) is 4. The molecule has 4 amide bonds. The first-order chi connectivity index (χ1) is 27.1. The van der Waals surface area contributed by atoms with Crippen LogP contribution in [0.2, 0.25) is 0 Å². The monoisotopic (exact) mass is 811 g/mol. The molecule has 0 heterocycles. The van der Waals surface area contributed by atoms with E-state index in [-0.39, 0.29) is 75.2 Å². The Labute approximate surface area is 338 Å². The van der Waals surface area contributed by atoms with Crippen molar-refractivity contribution in [3.05, 3.63) is 0 Å². The lowest BCUT2D eigenvalue weighted by Gasteiger charge is -2.28. The van der Waals surface area contributed by atoms with E-state index in [4.69, 9.17) is 34.4 Å². The van der Waals surface area contributed by atoms with E-state index in [0.717, 1.165) is 25.7 Å². The summed E-state index contributed by atoms with van der Waals surface area (Å²) >= 11 is 0. The van der Waals surface area contributed by atoms with Gasteiger partial charge in [-0.15, -0.1) is 0 Å². The zero-order valence-electron chi connectivity index (χ0n) is 34.8. The first-order valence-corrected chi connectivity index (χ1v) is 20.4. The van der Waals surface area contributed by atoms with E-state index in [2.05, 4.69) is 42.9 Å².